The van der Waals surface area contributed by atoms with Crippen molar-refractivity contribution >= 4 is 47.1 Å². The Hall–Kier alpha value is -2.05. The van der Waals surface area contributed by atoms with Gasteiger partial charge in [-0.25, -0.2) is 0 Å². The summed E-state index contributed by atoms with van der Waals surface area (Å²) >= 11 is 11.9. The second-order valence-corrected chi connectivity index (χ2v) is 5.98. The van der Waals surface area contributed by atoms with Crippen molar-refractivity contribution in [1.29, 1.82) is 0 Å². The normalized spacial score (nSPS) is 10.6. The summed E-state index contributed by atoms with van der Waals surface area (Å²) in [5, 5.41) is 3.54. The Kier molecular flexibility index (Phi) is 9.02. The van der Waals surface area contributed by atoms with E-state index in [2.05, 4.69) is 10.1 Å². The molecule has 0 heterocycles. The molecular formula is C17H20Cl2N2O4. The first kappa shape index (κ1) is 21.0. The van der Waals surface area contributed by atoms with Gasteiger partial charge in [0.1, 0.15) is 0 Å². The number of amides is 2. The zero-order valence-electron chi connectivity index (χ0n) is 14.1. The topological polar surface area (TPSA) is 75.7 Å². The van der Waals surface area contributed by atoms with Gasteiger partial charge >= 0.3 is 5.97 Å². The van der Waals surface area contributed by atoms with Gasteiger partial charge in [-0.1, -0.05) is 29.3 Å². The van der Waals surface area contributed by atoms with Crippen LogP contribution >= 0.6 is 23.2 Å². The van der Waals surface area contributed by atoms with Crippen LogP contribution in [0.1, 0.15) is 18.9 Å². The van der Waals surface area contributed by atoms with E-state index in [0.717, 1.165) is 0 Å². The highest BCUT2D eigenvalue weighted by atomic mass is 35.5. The average molecular weight is 387 g/mol. The van der Waals surface area contributed by atoms with Crippen LogP contribution in [0.2, 0.25) is 10.0 Å². The highest BCUT2D eigenvalue weighted by molar-refractivity contribution is 6.35. The molecule has 1 rings (SSSR count). The summed E-state index contributed by atoms with van der Waals surface area (Å²) in [6.45, 7) is 2.14. The molecule has 0 aliphatic carbocycles. The maximum absolute atomic E-state index is 12.4. The number of esters is 1. The Balaban J connectivity index is 2.76. The predicted octanol–water partition coefficient (Wildman–Crippen LogP) is 2.53. The molecule has 2 amide bonds. The number of hydrogen-bond acceptors (Lipinski definition) is 4. The summed E-state index contributed by atoms with van der Waals surface area (Å²) in [6, 6.07) is 4.95. The highest BCUT2D eigenvalue weighted by Gasteiger charge is 2.13. The number of carbonyl (C=O) groups excluding carboxylic acids is 3. The van der Waals surface area contributed by atoms with Crippen LogP contribution in [0.4, 0.5) is 0 Å². The minimum absolute atomic E-state index is 0.0673. The number of rotatable bonds is 8. The summed E-state index contributed by atoms with van der Waals surface area (Å²) in [5.41, 5.74) is 0.647. The van der Waals surface area contributed by atoms with Crippen LogP contribution in [0.3, 0.4) is 0 Å². The van der Waals surface area contributed by atoms with E-state index in [-0.39, 0.29) is 37.9 Å². The molecule has 0 bridgehead atoms. The van der Waals surface area contributed by atoms with Crippen LogP contribution in [0, 0.1) is 0 Å². The van der Waals surface area contributed by atoms with E-state index in [4.69, 9.17) is 23.2 Å². The molecule has 1 aromatic rings. The first-order chi connectivity index (χ1) is 11.8. The number of nitrogens with zero attached hydrogens (tertiary/aromatic N) is 1. The molecule has 0 saturated carbocycles. The zero-order chi connectivity index (χ0) is 18.8. The first-order valence-electron chi connectivity index (χ1n) is 7.56. The Morgan fingerprint density at radius 2 is 1.96 bits per heavy atom. The third kappa shape index (κ3) is 8.05. The predicted molar refractivity (Wildman–Crippen MR) is 97.4 cm³/mol. The lowest BCUT2D eigenvalue weighted by Crippen LogP contribution is -2.38. The number of methoxy groups -OCH3 is 1. The van der Waals surface area contributed by atoms with Crippen LogP contribution in [0.5, 0.6) is 0 Å². The molecule has 1 N–H and O–H groups in total. The molecule has 0 fully saturated rings. The number of carbonyl (C=O) groups is 3. The van der Waals surface area contributed by atoms with Crippen LogP contribution in [0.25, 0.3) is 6.08 Å². The van der Waals surface area contributed by atoms with Gasteiger partial charge in [0.2, 0.25) is 11.8 Å². The molecule has 0 aromatic heterocycles. The van der Waals surface area contributed by atoms with Gasteiger partial charge in [0, 0.05) is 42.7 Å². The quantitative estimate of drug-likeness (QED) is 0.550. The van der Waals surface area contributed by atoms with Crippen molar-refractivity contribution in [3.63, 3.8) is 0 Å². The second kappa shape index (κ2) is 10.7. The number of halogens is 2. The molecule has 1 aromatic carbocycles. The molecule has 8 heteroatoms. The van der Waals surface area contributed by atoms with Crippen molar-refractivity contribution in [2.45, 2.75) is 13.3 Å². The van der Waals surface area contributed by atoms with E-state index >= 15 is 0 Å². The zero-order valence-corrected chi connectivity index (χ0v) is 15.6. The monoisotopic (exact) mass is 386 g/mol. The molecule has 6 nitrogen and oxygen atoms in total. The molecule has 0 radical (unpaired) electrons. The minimum Gasteiger partial charge on any atom is -0.469 e. The molecule has 0 aliphatic rings. The third-order valence-corrected chi connectivity index (χ3v) is 3.81. The SMILES string of the molecule is COC(=O)CCN(CCNC(C)=O)C(=O)/C=C/c1ccc(Cl)cc1Cl. The molecule has 25 heavy (non-hydrogen) atoms. The fraction of sp³-hybridized carbons (Fsp3) is 0.353. The third-order valence-electron chi connectivity index (χ3n) is 3.25. The first-order valence-corrected chi connectivity index (χ1v) is 8.32. The fourth-order valence-electron chi connectivity index (χ4n) is 1.93. The van der Waals surface area contributed by atoms with E-state index in [9.17, 15) is 14.4 Å². The van der Waals surface area contributed by atoms with Crippen LogP contribution in [-0.2, 0) is 19.1 Å². The van der Waals surface area contributed by atoms with Crippen LogP contribution in [-0.4, -0.2) is 49.4 Å². The lowest BCUT2D eigenvalue weighted by molar-refractivity contribution is -0.141. The van der Waals surface area contributed by atoms with E-state index in [1.807, 2.05) is 0 Å². The summed E-state index contributed by atoms with van der Waals surface area (Å²) < 4.78 is 4.58. The van der Waals surface area contributed by atoms with Gasteiger partial charge in [0.25, 0.3) is 0 Å². The summed E-state index contributed by atoms with van der Waals surface area (Å²) in [4.78, 5) is 36.1. The lowest BCUT2D eigenvalue weighted by atomic mass is 10.2. The van der Waals surface area contributed by atoms with Crippen molar-refractivity contribution < 1.29 is 19.1 Å². The number of nitrogens with one attached hydrogen (secondary N) is 1. The lowest BCUT2D eigenvalue weighted by Gasteiger charge is -2.20. The standard InChI is InChI=1S/C17H20Cl2N2O4/c1-12(22)20-8-10-21(9-7-17(24)25-2)16(23)6-4-13-3-5-14(18)11-15(13)19/h3-6,11H,7-10H2,1-2H3,(H,20,22)/b6-4+. The van der Waals surface area contributed by atoms with Crippen molar-refractivity contribution in [2.24, 2.45) is 0 Å². The van der Waals surface area contributed by atoms with Crippen molar-refractivity contribution in [1.82, 2.24) is 10.2 Å². The van der Waals surface area contributed by atoms with Crippen LogP contribution in [0.15, 0.2) is 24.3 Å². The summed E-state index contributed by atoms with van der Waals surface area (Å²) in [5.74, 6) is -0.911. The van der Waals surface area contributed by atoms with Gasteiger partial charge in [-0.05, 0) is 23.8 Å². The molecule has 0 atom stereocenters. The van der Waals surface area contributed by atoms with Gasteiger partial charge in [0.05, 0.1) is 13.5 Å². The molecule has 0 spiro atoms. The van der Waals surface area contributed by atoms with Crippen molar-refractivity contribution in [3.05, 3.63) is 39.9 Å². The Bertz CT molecular complexity index is 662. The average Bonchev–Trinajstić information content (AvgIpc) is 2.56. The number of benzene rings is 1. The van der Waals surface area contributed by atoms with E-state index in [0.29, 0.717) is 15.6 Å². The minimum atomic E-state index is -0.415. The van der Waals surface area contributed by atoms with Gasteiger partial charge in [-0.3, -0.25) is 14.4 Å². The fourth-order valence-corrected chi connectivity index (χ4v) is 2.40. The Morgan fingerprint density at radius 1 is 1.24 bits per heavy atom. The Morgan fingerprint density at radius 3 is 2.56 bits per heavy atom. The second-order valence-electron chi connectivity index (χ2n) is 5.13. The van der Waals surface area contributed by atoms with Crippen molar-refractivity contribution in [2.75, 3.05) is 26.7 Å². The van der Waals surface area contributed by atoms with Gasteiger partial charge < -0.3 is 15.0 Å². The number of ether oxygens (including phenoxy) is 1. The van der Waals surface area contributed by atoms with Crippen molar-refractivity contribution in [3.8, 4) is 0 Å². The molecule has 0 aliphatic heterocycles. The van der Waals surface area contributed by atoms with Gasteiger partial charge in [-0.2, -0.15) is 0 Å². The summed E-state index contributed by atoms with van der Waals surface area (Å²) in [6.07, 6.45) is 3.00. The smallest absolute Gasteiger partial charge is 0.307 e. The summed E-state index contributed by atoms with van der Waals surface area (Å²) in [7, 11) is 1.29. The van der Waals surface area contributed by atoms with E-state index < -0.39 is 5.97 Å². The Labute approximate surface area is 156 Å². The van der Waals surface area contributed by atoms with Crippen LogP contribution < -0.4 is 5.32 Å². The van der Waals surface area contributed by atoms with E-state index in [1.165, 1.54) is 25.0 Å². The molecule has 0 unspecified atom stereocenters. The van der Waals surface area contributed by atoms with Gasteiger partial charge in [-0.15, -0.1) is 0 Å². The molecule has 0 saturated heterocycles. The highest BCUT2D eigenvalue weighted by Crippen LogP contribution is 2.22. The van der Waals surface area contributed by atoms with E-state index in [1.54, 1.807) is 24.3 Å². The largest absolute Gasteiger partial charge is 0.469 e. The number of hydrogen-bond donors (Lipinski definition) is 1. The molecule has 136 valence electrons. The molecular weight excluding hydrogens is 367 g/mol. The van der Waals surface area contributed by atoms with Gasteiger partial charge in [0.15, 0.2) is 0 Å². The maximum Gasteiger partial charge on any atom is 0.307 e. The maximum atomic E-state index is 12.4.